The number of halogens is 1. The van der Waals surface area contributed by atoms with Gasteiger partial charge in [-0.05, 0) is 12.1 Å². The summed E-state index contributed by atoms with van der Waals surface area (Å²) in [7, 11) is 0. The highest BCUT2D eigenvalue weighted by molar-refractivity contribution is 9.08. The molecule has 86 valence electrons. The summed E-state index contributed by atoms with van der Waals surface area (Å²) < 4.78 is 7.74. The molecule has 0 aliphatic heterocycles. The zero-order valence-corrected chi connectivity index (χ0v) is 11.1. The zero-order valence-electron chi connectivity index (χ0n) is 8.71. The van der Waals surface area contributed by atoms with Crippen molar-refractivity contribution in [1.82, 2.24) is 14.4 Å². The molecule has 0 aliphatic rings. The molecule has 3 aromatic heterocycles. The van der Waals surface area contributed by atoms with Gasteiger partial charge in [0.2, 0.25) is 5.88 Å². The first kappa shape index (κ1) is 10.7. The van der Waals surface area contributed by atoms with Gasteiger partial charge in [-0.1, -0.05) is 15.9 Å². The Balaban J connectivity index is 2.02. The molecule has 0 radical (unpaired) electrons. The fraction of sp³-hybridized carbons (Fsp3) is 0.0909. The molecule has 3 rings (SSSR count). The summed E-state index contributed by atoms with van der Waals surface area (Å²) >= 11 is 5.04. The van der Waals surface area contributed by atoms with Crippen LogP contribution in [0.5, 0.6) is 11.6 Å². The maximum atomic E-state index is 5.73. The third kappa shape index (κ3) is 1.94. The monoisotopic (exact) mass is 309 g/mol. The minimum atomic E-state index is 0.627. The molecule has 3 aromatic rings. The number of imidazole rings is 1. The maximum Gasteiger partial charge on any atom is 0.243 e. The molecule has 0 N–H and O–H groups in total. The van der Waals surface area contributed by atoms with E-state index in [1.807, 2.05) is 28.1 Å². The fourth-order valence-electron chi connectivity index (χ4n) is 1.54. The minimum Gasteiger partial charge on any atom is -0.436 e. The van der Waals surface area contributed by atoms with Gasteiger partial charge < -0.3 is 4.74 Å². The van der Waals surface area contributed by atoms with Crippen molar-refractivity contribution in [3.63, 3.8) is 0 Å². The van der Waals surface area contributed by atoms with Gasteiger partial charge in [0.1, 0.15) is 5.75 Å². The molecule has 0 saturated heterocycles. The Morgan fingerprint density at radius 2 is 2.41 bits per heavy atom. The number of pyridine rings is 1. The van der Waals surface area contributed by atoms with Gasteiger partial charge in [-0.3, -0.25) is 9.38 Å². The summed E-state index contributed by atoms with van der Waals surface area (Å²) in [5.74, 6) is 1.32. The number of nitrogens with zero attached hydrogens (tertiary/aromatic N) is 3. The normalized spacial score (nSPS) is 10.9. The highest BCUT2D eigenvalue weighted by atomic mass is 79.9. The Morgan fingerprint density at radius 1 is 1.47 bits per heavy atom. The van der Waals surface area contributed by atoms with E-state index in [9.17, 15) is 0 Å². The van der Waals surface area contributed by atoms with Crippen LogP contribution in [0.3, 0.4) is 0 Å². The summed E-state index contributed by atoms with van der Waals surface area (Å²) in [6.07, 6.45) is 5.37. The van der Waals surface area contributed by atoms with Crippen LogP contribution in [-0.2, 0) is 5.33 Å². The van der Waals surface area contributed by atoms with Crippen molar-refractivity contribution in [2.45, 2.75) is 5.33 Å². The van der Waals surface area contributed by atoms with Crippen LogP contribution < -0.4 is 4.74 Å². The SMILES string of the molecule is BrCc1c(Oc2cccnc2)nc2sccn12. The number of rotatable bonds is 3. The molecule has 4 nitrogen and oxygen atoms in total. The molecule has 0 amide bonds. The van der Waals surface area contributed by atoms with Crippen molar-refractivity contribution in [2.24, 2.45) is 0 Å². The molecule has 17 heavy (non-hydrogen) atoms. The highest BCUT2D eigenvalue weighted by Gasteiger charge is 2.13. The molecule has 0 aliphatic carbocycles. The molecule has 0 spiro atoms. The van der Waals surface area contributed by atoms with Crippen LogP contribution in [0.1, 0.15) is 5.69 Å². The quantitative estimate of drug-likeness (QED) is 0.695. The number of thiazole rings is 1. The Labute approximate surface area is 110 Å². The summed E-state index contributed by atoms with van der Waals surface area (Å²) in [4.78, 5) is 9.38. The number of ether oxygens (including phenoxy) is 1. The summed E-state index contributed by atoms with van der Waals surface area (Å²) in [5.41, 5.74) is 1.00. The average molecular weight is 310 g/mol. The van der Waals surface area contributed by atoms with E-state index in [1.165, 1.54) is 0 Å². The standard InChI is InChI=1S/C11H8BrN3OS/c12-6-9-10(14-11-15(9)4-5-17-11)16-8-2-1-3-13-7-8/h1-5,7H,6H2. The van der Waals surface area contributed by atoms with Crippen molar-refractivity contribution in [3.8, 4) is 11.6 Å². The molecule has 0 fully saturated rings. The Morgan fingerprint density at radius 3 is 3.18 bits per heavy atom. The number of alkyl halides is 1. The fourth-order valence-corrected chi connectivity index (χ4v) is 2.77. The van der Waals surface area contributed by atoms with Crippen molar-refractivity contribution in [2.75, 3.05) is 0 Å². The summed E-state index contributed by atoms with van der Waals surface area (Å²) in [6.45, 7) is 0. The zero-order chi connectivity index (χ0) is 11.7. The minimum absolute atomic E-state index is 0.627. The van der Waals surface area contributed by atoms with Crippen LogP contribution in [0.15, 0.2) is 36.1 Å². The van der Waals surface area contributed by atoms with Crippen LogP contribution in [0.2, 0.25) is 0 Å². The van der Waals surface area contributed by atoms with E-state index >= 15 is 0 Å². The van der Waals surface area contributed by atoms with Crippen molar-refractivity contribution in [3.05, 3.63) is 41.8 Å². The van der Waals surface area contributed by atoms with Gasteiger partial charge in [-0.25, -0.2) is 0 Å². The van der Waals surface area contributed by atoms with Gasteiger partial charge in [-0.15, -0.1) is 11.3 Å². The van der Waals surface area contributed by atoms with E-state index in [0.717, 1.165) is 10.7 Å². The van der Waals surface area contributed by atoms with Crippen LogP contribution in [-0.4, -0.2) is 14.4 Å². The van der Waals surface area contributed by atoms with Crippen LogP contribution in [0, 0.1) is 0 Å². The van der Waals surface area contributed by atoms with Crippen LogP contribution in [0.4, 0.5) is 0 Å². The first-order valence-electron chi connectivity index (χ1n) is 4.97. The van der Waals surface area contributed by atoms with Gasteiger partial charge in [0.05, 0.1) is 11.9 Å². The highest BCUT2D eigenvalue weighted by Crippen LogP contribution is 2.28. The Hall–Kier alpha value is -1.40. The molecular weight excluding hydrogens is 302 g/mol. The average Bonchev–Trinajstić information content (AvgIpc) is 2.90. The largest absolute Gasteiger partial charge is 0.436 e. The lowest BCUT2D eigenvalue weighted by Gasteiger charge is -2.02. The van der Waals surface area contributed by atoms with Crippen molar-refractivity contribution >= 4 is 32.2 Å². The van der Waals surface area contributed by atoms with Crippen molar-refractivity contribution in [1.29, 1.82) is 0 Å². The topological polar surface area (TPSA) is 39.4 Å². The van der Waals surface area contributed by atoms with Gasteiger partial charge in [0.25, 0.3) is 0 Å². The number of hydrogen-bond acceptors (Lipinski definition) is 4. The van der Waals surface area contributed by atoms with Gasteiger partial charge in [0, 0.05) is 23.1 Å². The molecule has 3 heterocycles. The van der Waals surface area contributed by atoms with E-state index in [4.69, 9.17) is 4.74 Å². The Bertz CT molecular complexity index is 635. The molecule has 0 aromatic carbocycles. The van der Waals surface area contributed by atoms with E-state index in [-0.39, 0.29) is 0 Å². The lowest BCUT2D eigenvalue weighted by molar-refractivity contribution is 0.459. The van der Waals surface area contributed by atoms with Crippen LogP contribution >= 0.6 is 27.3 Å². The first-order valence-corrected chi connectivity index (χ1v) is 6.97. The first-order chi connectivity index (χ1) is 8.38. The van der Waals surface area contributed by atoms with Crippen molar-refractivity contribution < 1.29 is 4.74 Å². The van der Waals surface area contributed by atoms with E-state index in [2.05, 4.69) is 25.9 Å². The Kier molecular flexibility index (Phi) is 2.82. The molecule has 0 bridgehead atoms. The lowest BCUT2D eigenvalue weighted by atomic mass is 10.4. The summed E-state index contributed by atoms with van der Waals surface area (Å²) in [6, 6.07) is 3.69. The number of aromatic nitrogens is 3. The van der Waals surface area contributed by atoms with E-state index in [1.54, 1.807) is 23.7 Å². The smallest absolute Gasteiger partial charge is 0.243 e. The lowest BCUT2D eigenvalue weighted by Crippen LogP contribution is -1.90. The number of fused-ring (bicyclic) bond motifs is 1. The second-order valence-electron chi connectivity index (χ2n) is 3.34. The van der Waals surface area contributed by atoms with Gasteiger partial charge >= 0.3 is 0 Å². The van der Waals surface area contributed by atoms with Crippen LogP contribution in [0.25, 0.3) is 4.96 Å². The second kappa shape index (κ2) is 4.46. The van der Waals surface area contributed by atoms with E-state index in [0.29, 0.717) is 17.0 Å². The molecule has 0 saturated carbocycles. The van der Waals surface area contributed by atoms with Gasteiger partial charge in [0.15, 0.2) is 4.96 Å². The number of hydrogen-bond donors (Lipinski definition) is 0. The molecule has 0 unspecified atom stereocenters. The summed E-state index contributed by atoms with van der Waals surface area (Å²) in [5, 5.41) is 2.70. The molecular formula is C11H8BrN3OS. The van der Waals surface area contributed by atoms with E-state index < -0.39 is 0 Å². The molecule has 0 atom stereocenters. The third-order valence-corrected chi connectivity index (χ3v) is 3.59. The predicted octanol–water partition coefficient (Wildman–Crippen LogP) is 3.48. The second-order valence-corrected chi connectivity index (χ2v) is 4.78. The third-order valence-electron chi connectivity index (χ3n) is 2.30. The maximum absolute atomic E-state index is 5.73. The molecule has 6 heteroatoms. The van der Waals surface area contributed by atoms with Gasteiger partial charge in [-0.2, -0.15) is 4.98 Å². The predicted molar refractivity (Wildman–Crippen MR) is 70.0 cm³/mol.